The Hall–Kier alpha value is -0.163. The van der Waals surface area contributed by atoms with E-state index in [1.54, 1.807) is 0 Å². The highest BCUT2D eigenvalue weighted by Gasteiger charge is 2.37. The average molecular weight is 260 g/mol. The van der Waals surface area contributed by atoms with Crippen LogP contribution in [0.1, 0.15) is 33.6 Å². The molecular weight excluding hydrogens is 232 g/mol. The molecular formula is C13H28O3Si. The number of aliphatic hydroxyl groups is 2. The van der Waals surface area contributed by atoms with Crippen LogP contribution < -0.4 is 0 Å². The summed E-state index contributed by atoms with van der Waals surface area (Å²) in [6.45, 7) is 15.0. The quantitative estimate of drug-likeness (QED) is 0.546. The highest BCUT2D eigenvalue weighted by atomic mass is 28.4. The van der Waals surface area contributed by atoms with E-state index in [-0.39, 0.29) is 11.6 Å². The number of rotatable bonds is 7. The number of hydrogen-bond acceptors (Lipinski definition) is 3. The lowest BCUT2D eigenvalue weighted by molar-refractivity contribution is 0.0389. The lowest BCUT2D eigenvalue weighted by atomic mass is 9.97. The van der Waals surface area contributed by atoms with Gasteiger partial charge in [-0.3, -0.25) is 0 Å². The normalized spacial score (nSPS) is 16.6. The van der Waals surface area contributed by atoms with Crippen molar-refractivity contribution in [2.75, 3.05) is 13.2 Å². The zero-order chi connectivity index (χ0) is 13.7. The van der Waals surface area contributed by atoms with Gasteiger partial charge in [-0.25, -0.2) is 0 Å². The van der Waals surface area contributed by atoms with Crippen LogP contribution in [0.4, 0.5) is 0 Å². The lowest BCUT2D eigenvalue weighted by Gasteiger charge is -2.37. The van der Waals surface area contributed by atoms with E-state index in [0.717, 1.165) is 0 Å². The molecule has 0 aromatic rings. The standard InChI is InChI=1S/C13H28O3Si/c1-7-13(15,8-10-14)9-11-16-17(5,6)12(2,3)4/h7,14-15H,1,8-11H2,2-6H3. The molecule has 0 rings (SSSR count). The number of hydrogen-bond donors (Lipinski definition) is 2. The van der Waals surface area contributed by atoms with E-state index in [1.165, 1.54) is 6.08 Å². The van der Waals surface area contributed by atoms with Gasteiger partial charge in [-0.15, -0.1) is 6.58 Å². The molecule has 0 saturated carbocycles. The summed E-state index contributed by atoms with van der Waals surface area (Å²) in [6, 6.07) is 0. The van der Waals surface area contributed by atoms with Crippen LogP contribution in [0.2, 0.25) is 18.1 Å². The molecule has 0 amide bonds. The maximum Gasteiger partial charge on any atom is 0.191 e. The van der Waals surface area contributed by atoms with Crippen molar-refractivity contribution in [3.05, 3.63) is 12.7 Å². The van der Waals surface area contributed by atoms with E-state index in [9.17, 15) is 5.11 Å². The van der Waals surface area contributed by atoms with Crippen LogP contribution in [0.15, 0.2) is 12.7 Å². The van der Waals surface area contributed by atoms with Crippen molar-refractivity contribution in [1.82, 2.24) is 0 Å². The Kier molecular flexibility index (Phi) is 6.08. The molecule has 3 nitrogen and oxygen atoms in total. The minimum absolute atomic E-state index is 0.0391. The van der Waals surface area contributed by atoms with E-state index in [4.69, 9.17) is 9.53 Å². The van der Waals surface area contributed by atoms with E-state index in [2.05, 4.69) is 40.4 Å². The van der Waals surface area contributed by atoms with Crippen LogP contribution in [0.25, 0.3) is 0 Å². The maximum absolute atomic E-state index is 10.1. The van der Waals surface area contributed by atoms with Crippen molar-refractivity contribution in [3.63, 3.8) is 0 Å². The summed E-state index contributed by atoms with van der Waals surface area (Å²) in [5.41, 5.74) is -1.00. The molecule has 0 bridgehead atoms. The predicted octanol–water partition coefficient (Wildman–Crippen LogP) is 2.70. The molecule has 4 heteroatoms. The zero-order valence-corrected chi connectivity index (χ0v) is 12.9. The molecule has 0 aliphatic heterocycles. The van der Waals surface area contributed by atoms with Gasteiger partial charge in [0.1, 0.15) is 0 Å². The summed E-state index contributed by atoms with van der Waals surface area (Å²) < 4.78 is 5.99. The van der Waals surface area contributed by atoms with E-state index >= 15 is 0 Å². The van der Waals surface area contributed by atoms with Crippen LogP contribution in [0.5, 0.6) is 0 Å². The fourth-order valence-electron chi connectivity index (χ4n) is 1.22. The Bertz CT molecular complexity index is 246. The molecule has 0 aromatic heterocycles. The highest BCUT2D eigenvalue weighted by molar-refractivity contribution is 6.74. The van der Waals surface area contributed by atoms with Gasteiger partial charge in [-0.2, -0.15) is 0 Å². The summed E-state index contributed by atoms with van der Waals surface area (Å²) in [5.74, 6) is 0. The molecule has 0 fully saturated rings. The molecule has 2 N–H and O–H groups in total. The first kappa shape index (κ1) is 16.8. The van der Waals surface area contributed by atoms with Crippen LogP contribution in [-0.2, 0) is 4.43 Å². The van der Waals surface area contributed by atoms with Crippen molar-refractivity contribution in [3.8, 4) is 0 Å². The lowest BCUT2D eigenvalue weighted by Crippen LogP contribution is -2.42. The zero-order valence-electron chi connectivity index (χ0n) is 11.9. The van der Waals surface area contributed by atoms with Gasteiger partial charge in [0.25, 0.3) is 0 Å². The molecule has 1 unspecified atom stereocenters. The molecule has 0 heterocycles. The van der Waals surface area contributed by atoms with E-state index < -0.39 is 13.9 Å². The first-order valence-corrected chi connectivity index (χ1v) is 9.09. The van der Waals surface area contributed by atoms with Crippen molar-refractivity contribution >= 4 is 8.32 Å². The fraction of sp³-hybridized carbons (Fsp3) is 0.846. The van der Waals surface area contributed by atoms with Gasteiger partial charge < -0.3 is 14.6 Å². The minimum atomic E-state index is -1.75. The Morgan fingerprint density at radius 3 is 2.12 bits per heavy atom. The molecule has 17 heavy (non-hydrogen) atoms. The largest absolute Gasteiger partial charge is 0.417 e. The first-order valence-electron chi connectivity index (χ1n) is 6.19. The van der Waals surface area contributed by atoms with Gasteiger partial charge in [-0.05, 0) is 18.1 Å². The van der Waals surface area contributed by atoms with Gasteiger partial charge in [0.2, 0.25) is 0 Å². The molecule has 0 radical (unpaired) electrons. The molecule has 0 saturated heterocycles. The molecule has 0 aliphatic carbocycles. The molecule has 0 aliphatic rings. The maximum atomic E-state index is 10.1. The summed E-state index contributed by atoms with van der Waals surface area (Å²) in [6.07, 6.45) is 2.30. The molecule has 0 spiro atoms. The summed E-state index contributed by atoms with van der Waals surface area (Å²) >= 11 is 0. The third-order valence-corrected chi connectivity index (χ3v) is 8.27. The number of aliphatic hydroxyl groups excluding tert-OH is 1. The first-order chi connectivity index (χ1) is 7.58. The van der Waals surface area contributed by atoms with Gasteiger partial charge in [0.05, 0.1) is 5.60 Å². The molecule has 102 valence electrons. The minimum Gasteiger partial charge on any atom is -0.417 e. The summed E-state index contributed by atoms with van der Waals surface area (Å²) in [7, 11) is -1.75. The van der Waals surface area contributed by atoms with Gasteiger partial charge >= 0.3 is 0 Å². The Morgan fingerprint density at radius 2 is 1.76 bits per heavy atom. The van der Waals surface area contributed by atoms with E-state index in [1.807, 2.05) is 0 Å². The van der Waals surface area contributed by atoms with Crippen LogP contribution in [0, 0.1) is 0 Å². The van der Waals surface area contributed by atoms with Crippen molar-refractivity contribution in [2.24, 2.45) is 0 Å². The van der Waals surface area contributed by atoms with Crippen molar-refractivity contribution < 1.29 is 14.6 Å². The highest BCUT2D eigenvalue weighted by Crippen LogP contribution is 2.36. The Morgan fingerprint density at radius 1 is 1.24 bits per heavy atom. The van der Waals surface area contributed by atoms with E-state index in [0.29, 0.717) is 19.4 Å². The van der Waals surface area contributed by atoms with Crippen molar-refractivity contribution in [2.45, 2.75) is 57.3 Å². The Labute approximate surface area is 107 Å². The summed E-state index contributed by atoms with van der Waals surface area (Å²) in [5, 5.41) is 19.1. The second kappa shape index (κ2) is 6.14. The van der Waals surface area contributed by atoms with Crippen LogP contribution >= 0.6 is 0 Å². The average Bonchev–Trinajstić information content (AvgIpc) is 2.16. The monoisotopic (exact) mass is 260 g/mol. The molecule has 0 aromatic carbocycles. The Balaban J connectivity index is 4.27. The van der Waals surface area contributed by atoms with Gasteiger partial charge in [0, 0.05) is 26.1 Å². The topological polar surface area (TPSA) is 49.7 Å². The fourth-order valence-corrected chi connectivity index (χ4v) is 2.27. The molecule has 1 atom stereocenters. The van der Waals surface area contributed by atoms with Crippen molar-refractivity contribution in [1.29, 1.82) is 0 Å². The smallest absolute Gasteiger partial charge is 0.191 e. The predicted molar refractivity (Wildman–Crippen MR) is 74.6 cm³/mol. The van der Waals surface area contributed by atoms with Crippen LogP contribution in [0.3, 0.4) is 0 Å². The van der Waals surface area contributed by atoms with Crippen LogP contribution in [-0.4, -0.2) is 37.3 Å². The SMILES string of the molecule is C=CC(O)(CCO)CCO[Si](C)(C)C(C)(C)C. The van der Waals surface area contributed by atoms with Gasteiger partial charge in [0.15, 0.2) is 8.32 Å². The third-order valence-electron chi connectivity index (χ3n) is 3.73. The van der Waals surface area contributed by atoms with Gasteiger partial charge in [-0.1, -0.05) is 26.8 Å². The third kappa shape index (κ3) is 5.34. The second-order valence-corrected chi connectivity index (χ2v) is 10.9. The summed E-state index contributed by atoms with van der Waals surface area (Å²) in [4.78, 5) is 0. The second-order valence-electron chi connectivity index (χ2n) is 6.14.